The van der Waals surface area contributed by atoms with E-state index in [1.165, 1.54) is 12.8 Å². The molecule has 2 heterocycles. The predicted molar refractivity (Wildman–Crippen MR) is 67.8 cm³/mol. The molecule has 0 bridgehead atoms. The lowest BCUT2D eigenvalue weighted by Gasteiger charge is -2.10. The predicted octanol–water partition coefficient (Wildman–Crippen LogP) is 3.60. The molecular formula is C13H13N3S. The first-order chi connectivity index (χ1) is 8.38. The highest BCUT2D eigenvalue weighted by molar-refractivity contribution is 7.08. The van der Waals surface area contributed by atoms with Crippen molar-refractivity contribution in [1.29, 1.82) is 5.26 Å². The SMILES string of the molecule is N#Cc1cc(-c2ccsc2)nn1C1CCCC1. The molecule has 0 amide bonds. The van der Waals surface area contributed by atoms with Crippen LogP contribution in [0.5, 0.6) is 0 Å². The van der Waals surface area contributed by atoms with Crippen LogP contribution < -0.4 is 0 Å². The van der Waals surface area contributed by atoms with Crippen LogP contribution in [-0.4, -0.2) is 9.78 Å². The van der Waals surface area contributed by atoms with Gasteiger partial charge >= 0.3 is 0 Å². The zero-order valence-corrected chi connectivity index (χ0v) is 10.3. The molecule has 0 aromatic carbocycles. The Bertz CT molecular complexity index is 542. The maximum atomic E-state index is 9.18. The highest BCUT2D eigenvalue weighted by Crippen LogP contribution is 2.32. The van der Waals surface area contributed by atoms with Crippen LogP contribution in [0.2, 0.25) is 0 Å². The molecule has 0 unspecified atom stereocenters. The van der Waals surface area contributed by atoms with Crippen molar-refractivity contribution in [3.63, 3.8) is 0 Å². The molecule has 0 N–H and O–H groups in total. The summed E-state index contributed by atoms with van der Waals surface area (Å²) >= 11 is 1.66. The molecular weight excluding hydrogens is 230 g/mol. The van der Waals surface area contributed by atoms with Crippen molar-refractivity contribution in [2.45, 2.75) is 31.7 Å². The molecule has 1 aliphatic carbocycles. The molecule has 2 aromatic heterocycles. The maximum Gasteiger partial charge on any atom is 0.139 e. The van der Waals surface area contributed by atoms with Crippen LogP contribution in [0.1, 0.15) is 37.4 Å². The molecule has 3 rings (SSSR count). The smallest absolute Gasteiger partial charge is 0.139 e. The van der Waals surface area contributed by atoms with Crippen molar-refractivity contribution in [3.8, 4) is 17.3 Å². The number of nitriles is 1. The lowest BCUT2D eigenvalue weighted by Crippen LogP contribution is -2.08. The van der Waals surface area contributed by atoms with E-state index in [4.69, 9.17) is 0 Å². The van der Waals surface area contributed by atoms with E-state index in [-0.39, 0.29) is 0 Å². The molecule has 0 aliphatic heterocycles. The molecule has 0 spiro atoms. The highest BCUT2D eigenvalue weighted by atomic mass is 32.1. The number of hydrogen-bond acceptors (Lipinski definition) is 3. The van der Waals surface area contributed by atoms with Crippen LogP contribution in [-0.2, 0) is 0 Å². The monoisotopic (exact) mass is 243 g/mol. The van der Waals surface area contributed by atoms with Crippen LogP contribution in [0, 0.1) is 11.3 Å². The van der Waals surface area contributed by atoms with Gasteiger partial charge in [0.25, 0.3) is 0 Å². The van der Waals surface area contributed by atoms with Crippen LogP contribution in [0.4, 0.5) is 0 Å². The Balaban J connectivity index is 2.01. The van der Waals surface area contributed by atoms with E-state index in [0.29, 0.717) is 11.7 Å². The van der Waals surface area contributed by atoms with Gasteiger partial charge in [-0.15, -0.1) is 0 Å². The van der Waals surface area contributed by atoms with Gasteiger partial charge in [0.2, 0.25) is 0 Å². The molecule has 1 fully saturated rings. The van der Waals surface area contributed by atoms with Gasteiger partial charge in [-0.05, 0) is 24.3 Å². The lowest BCUT2D eigenvalue weighted by molar-refractivity contribution is 0.463. The van der Waals surface area contributed by atoms with Crippen LogP contribution >= 0.6 is 11.3 Å². The third-order valence-corrected chi connectivity index (χ3v) is 4.02. The Kier molecular flexibility index (Phi) is 2.69. The van der Waals surface area contributed by atoms with E-state index >= 15 is 0 Å². The van der Waals surface area contributed by atoms with Gasteiger partial charge in [-0.3, -0.25) is 4.68 Å². The average molecular weight is 243 g/mol. The number of nitrogens with zero attached hydrogens (tertiary/aromatic N) is 3. The second-order valence-corrected chi connectivity index (χ2v) is 5.20. The van der Waals surface area contributed by atoms with Gasteiger partial charge in [-0.2, -0.15) is 21.7 Å². The Morgan fingerprint density at radius 3 is 2.88 bits per heavy atom. The first kappa shape index (κ1) is 10.5. The standard InChI is InChI=1S/C13H13N3S/c14-8-12-7-13(10-5-6-17-9-10)15-16(12)11-3-1-2-4-11/h5-7,9,11H,1-4H2. The number of hydrogen-bond donors (Lipinski definition) is 0. The summed E-state index contributed by atoms with van der Waals surface area (Å²) in [5.41, 5.74) is 2.73. The van der Waals surface area contributed by atoms with Gasteiger partial charge in [0.1, 0.15) is 11.8 Å². The topological polar surface area (TPSA) is 41.6 Å². The van der Waals surface area contributed by atoms with Crippen LogP contribution in [0.25, 0.3) is 11.3 Å². The minimum Gasteiger partial charge on any atom is -0.251 e. The van der Waals surface area contributed by atoms with Gasteiger partial charge in [-0.1, -0.05) is 12.8 Å². The molecule has 17 heavy (non-hydrogen) atoms. The van der Waals surface area contributed by atoms with E-state index in [1.807, 2.05) is 22.2 Å². The first-order valence-electron chi connectivity index (χ1n) is 5.90. The lowest BCUT2D eigenvalue weighted by atomic mass is 10.2. The third kappa shape index (κ3) is 1.87. The zero-order valence-electron chi connectivity index (χ0n) is 9.47. The summed E-state index contributed by atoms with van der Waals surface area (Å²) in [5.74, 6) is 0. The highest BCUT2D eigenvalue weighted by Gasteiger charge is 2.21. The van der Waals surface area contributed by atoms with Gasteiger partial charge in [-0.25, -0.2) is 0 Å². The van der Waals surface area contributed by atoms with E-state index in [0.717, 1.165) is 24.1 Å². The summed E-state index contributed by atoms with van der Waals surface area (Å²) in [5, 5.41) is 17.9. The van der Waals surface area contributed by atoms with Crippen molar-refractivity contribution in [3.05, 3.63) is 28.6 Å². The quantitative estimate of drug-likeness (QED) is 0.808. The first-order valence-corrected chi connectivity index (χ1v) is 6.85. The molecule has 0 saturated heterocycles. The number of thiophene rings is 1. The average Bonchev–Trinajstić information content (AvgIpc) is 3.09. The largest absolute Gasteiger partial charge is 0.251 e. The number of aromatic nitrogens is 2. The minimum atomic E-state index is 0.428. The second-order valence-electron chi connectivity index (χ2n) is 4.42. The second kappa shape index (κ2) is 4.34. The Hall–Kier alpha value is -1.60. The molecule has 86 valence electrons. The fourth-order valence-corrected chi connectivity index (χ4v) is 3.11. The molecule has 3 nitrogen and oxygen atoms in total. The summed E-state index contributed by atoms with van der Waals surface area (Å²) in [6.45, 7) is 0. The fraction of sp³-hybridized carbons (Fsp3) is 0.385. The van der Waals surface area contributed by atoms with Crippen LogP contribution in [0.15, 0.2) is 22.9 Å². The summed E-state index contributed by atoms with van der Waals surface area (Å²) in [4.78, 5) is 0. The molecule has 1 aliphatic rings. The third-order valence-electron chi connectivity index (χ3n) is 3.34. The number of rotatable bonds is 2. The van der Waals surface area contributed by atoms with E-state index in [9.17, 15) is 5.26 Å². The Morgan fingerprint density at radius 2 is 2.24 bits per heavy atom. The molecule has 0 atom stereocenters. The zero-order chi connectivity index (χ0) is 11.7. The van der Waals surface area contributed by atoms with E-state index in [2.05, 4.69) is 16.5 Å². The molecule has 0 radical (unpaired) electrons. The van der Waals surface area contributed by atoms with E-state index in [1.54, 1.807) is 11.3 Å². The van der Waals surface area contributed by atoms with Crippen molar-refractivity contribution in [2.75, 3.05) is 0 Å². The van der Waals surface area contributed by atoms with Gasteiger partial charge in [0.15, 0.2) is 0 Å². The summed E-state index contributed by atoms with van der Waals surface area (Å²) in [6.07, 6.45) is 4.81. The Morgan fingerprint density at radius 1 is 1.41 bits per heavy atom. The Labute approximate surface area is 104 Å². The van der Waals surface area contributed by atoms with Gasteiger partial charge in [0, 0.05) is 17.0 Å². The van der Waals surface area contributed by atoms with Crippen molar-refractivity contribution in [2.24, 2.45) is 0 Å². The van der Waals surface area contributed by atoms with Crippen molar-refractivity contribution in [1.82, 2.24) is 9.78 Å². The fourth-order valence-electron chi connectivity index (χ4n) is 2.46. The molecule has 2 aromatic rings. The van der Waals surface area contributed by atoms with Crippen LogP contribution in [0.3, 0.4) is 0 Å². The van der Waals surface area contributed by atoms with Crippen molar-refractivity contribution < 1.29 is 0 Å². The summed E-state index contributed by atoms with van der Waals surface area (Å²) in [7, 11) is 0. The van der Waals surface area contributed by atoms with Gasteiger partial charge < -0.3 is 0 Å². The van der Waals surface area contributed by atoms with E-state index < -0.39 is 0 Å². The van der Waals surface area contributed by atoms with Gasteiger partial charge in [0.05, 0.1) is 11.7 Å². The molecule has 1 saturated carbocycles. The molecule has 4 heteroatoms. The maximum absolute atomic E-state index is 9.18. The minimum absolute atomic E-state index is 0.428. The summed E-state index contributed by atoms with van der Waals surface area (Å²) < 4.78 is 1.93. The normalized spacial score (nSPS) is 16.2. The summed E-state index contributed by atoms with van der Waals surface area (Å²) in [6, 6.07) is 6.64. The van der Waals surface area contributed by atoms with Crippen molar-refractivity contribution >= 4 is 11.3 Å².